The largest absolute Gasteiger partial charge is 0.376 e. The third kappa shape index (κ3) is 3.44. The van der Waals surface area contributed by atoms with Crippen molar-refractivity contribution < 1.29 is 9.53 Å². The number of fused-ring (bicyclic) bond motifs is 2. The van der Waals surface area contributed by atoms with Crippen molar-refractivity contribution in [3.63, 3.8) is 0 Å². The molecule has 4 heterocycles. The Morgan fingerprint density at radius 2 is 2.17 bits per heavy atom. The lowest BCUT2D eigenvalue weighted by Gasteiger charge is -2.15. The van der Waals surface area contributed by atoms with Crippen LogP contribution in [0.4, 0.5) is 0 Å². The predicted octanol–water partition coefficient (Wildman–Crippen LogP) is 1.91. The van der Waals surface area contributed by atoms with Crippen molar-refractivity contribution in [1.82, 2.24) is 24.6 Å². The van der Waals surface area contributed by atoms with E-state index in [-0.39, 0.29) is 30.0 Å². The zero-order chi connectivity index (χ0) is 19.8. The van der Waals surface area contributed by atoms with Gasteiger partial charge in [-0.2, -0.15) is 5.10 Å². The van der Waals surface area contributed by atoms with Crippen LogP contribution in [0.15, 0.2) is 46.5 Å². The summed E-state index contributed by atoms with van der Waals surface area (Å²) >= 11 is 1.50. The number of nitrogens with one attached hydrogen (secondary N) is 1. The van der Waals surface area contributed by atoms with Crippen LogP contribution in [-0.2, 0) is 9.53 Å². The number of benzene rings is 1. The van der Waals surface area contributed by atoms with Gasteiger partial charge in [0.2, 0.25) is 5.91 Å². The summed E-state index contributed by atoms with van der Waals surface area (Å²) in [5.41, 5.74) is 1.25. The average Bonchev–Trinajstić information content (AvgIpc) is 3.48. The number of amides is 1. The number of carbonyl (C=O) groups is 1. The van der Waals surface area contributed by atoms with Crippen LogP contribution in [0.3, 0.4) is 0 Å². The molecule has 5 rings (SSSR count). The van der Waals surface area contributed by atoms with Crippen molar-refractivity contribution in [3.8, 4) is 5.69 Å². The van der Waals surface area contributed by atoms with Gasteiger partial charge in [0, 0.05) is 25.3 Å². The van der Waals surface area contributed by atoms with E-state index < -0.39 is 0 Å². The first-order valence-electron chi connectivity index (χ1n) is 9.77. The summed E-state index contributed by atoms with van der Waals surface area (Å²) < 4.78 is 8.87. The minimum atomic E-state index is -0.205. The van der Waals surface area contributed by atoms with Crippen molar-refractivity contribution in [2.75, 3.05) is 18.9 Å². The summed E-state index contributed by atoms with van der Waals surface area (Å²) in [5, 5.41) is 8.40. The van der Waals surface area contributed by atoms with Crippen LogP contribution in [0.2, 0.25) is 0 Å². The number of ether oxygens (including phenoxy) is 1. The summed E-state index contributed by atoms with van der Waals surface area (Å²) in [4.78, 5) is 30.2. The Balaban J connectivity index is 1.39. The van der Waals surface area contributed by atoms with Crippen LogP contribution in [0, 0.1) is 0 Å². The number of thioether (sulfide) groups is 1. The smallest absolute Gasteiger partial charge is 0.265 e. The van der Waals surface area contributed by atoms with E-state index in [1.807, 2.05) is 30.3 Å². The average molecular weight is 411 g/mol. The van der Waals surface area contributed by atoms with Gasteiger partial charge in [-0.1, -0.05) is 30.0 Å². The maximum absolute atomic E-state index is 13.1. The van der Waals surface area contributed by atoms with Crippen molar-refractivity contribution >= 4 is 28.7 Å². The van der Waals surface area contributed by atoms with Crippen LogP contribution in [-0.4, -0.2) is 50.2 Å². The molecule has 29 heavy (non-hydrogen) atoms. The van der Waals surface area contributed by atoms with Gasteiger partial charge < -0.3 is 10.1 Å². The monoisotopic (exact) mass is 411 g/mol. The van der Waals surface area contributed by atoms with E-state index >= 15 is 0 Å². The number of aromatic nitrogens is 4. The molecule has 9 heteroatoms. The molecule has 3 aromatic rings. The Morgan fingerprint density at radius 1 is 1.31 bits per heavy atom. The second kappa shape index (κ2) is 7.64. The molecular weight excluding hydrogens is 390 g/mol. The van der Waals surface area contributed by atoms with Crippen LogP contribution in [0.25, 0.3) is 16.7 Å². The highest BCUT2D eigenvalue weighted by Crippen LogP contribution is 2.33. The molecule has 2 aromatic heterocycles. The second-order valence-electron chi connectivity index (χ2n) is 7.31. The number of nitrogens with zero attached hydrogens (tertiary/aromatic N) is 4. The molecule has 0 saturated carbocycles. The number of carbonyl (C=O) groups excluding carboxylic acids is 1. The molecule has 1 saturated heterocycles. The van der Waals surface area contributed by atoms with Gasteiger partial charge in [0.1, 0.15) is 5.39 Å². The fourth-order valence-corrected chi connectivity index (χ4v) is 4.99. The molecular formula is C20H21N5O3S. The Bertz CT molecular complexity index is 1100. The minimum absolute atomic E-state index is 0.0640. The first-order valence-corrected chi connectivity index (χ1v) is 10.8. The molecule has 8 nitrogen and oxygen atoms in total. The number of hydrogen-bond donors (Lipinski definition) is 1. The lowest BCUT2D eigenvalue weighted by molar-refractivity contribution is -0.122. The summed E-state index contributed by atoms with van der Waals surface area (Å²) in [5.74, 6) is 0.590. The topological polar surface area (TPSA) is 91.0 Å². The number of para-hydroxylation sites is 1. The van der Waals surface area contributed by atoms with Gasteiger partial charge >= 0.3 is 0 Å². The van der Waals surface area contributed by atoms with Gasteiger partial charge in [-0.05, 0) is 25.0 Å². The molecule has 1 fully saturated rings. The first-order chi connectivity index (χ1) is 14.2. The van der Waals surface area contributed by atoms with Gasteiger partial charge in [-0.3, -0.25) is 14.2 Å². The van der Waals surface area contributed by atoms with Crippen molar-refractivity contribution in [2.45, 2.75) is 36.6 Å². The normalized spacial score (nSPS) is 20.8. The predicted molar refractivity (Wildman–Crippen MR) is 109 cm³/mol. The van der Waals surface area contributed by atoms with Crippen molar-refractivity contribution in [1.29, 1.82) is 0 Å². The molecule has 0 bridgehead atoms. The summed E-state index contributed by atoms with van der Waals surface area (Å²) in [6.07, 6.45) is 3.95. The molecule has 2 atom stereocenters. The molecule has 2 aliphatic rings. The maximum atomic E-state index is 13.1. The Morgan fingerprint density at radius 3 is 2.97 bits per heavy atom. The zero-order valence-corrected chi connectivity index (χ0v) is 16.6. The van der Waals surface area contributed by atoms with E-state index in [4.69, 9.17) is 9.72 Å². The van der Waals surface area contributed by atoms with Crippen LogP contribution < -0.4 is 10.9 Å². The van der Waals surface area contributed by atoms with E-state index in [2.05, 4.69) is 10.4 Å². The zero-order valence-electron chi connectivity index (χ0n) is 15.8. The van der Waals surface area contributed by atoms with Gasteiger partial charge in [-0.25, -0.2) is 9.67 Å². The molecule has 0 radical (unpaired) electrons. The van der Waals surface area contributed by atoms with Crippen LogP contribution in [0.5, 0.6) is 0 Å². The molecule has 150 valence electrons. The molecule has 2 aliphatic heterocycles. The molecule has 0 spiro atoms. The van der Waals surface area contributed by atoms with Crippen LogP contribution in [0.1, 0.15) is 25.3 Å². The van der Waals surface area contributed by atoms with Gasteiger partial charge in [0.25, 0.3) is 5.56 Å². The van der Waals surface area contributed by atoms with Gasteiger partial charge in [0.05, 0.1) is 24.0 Å². The van der Waals surface area contributed by atoms with Gasteiger partial charge in [0.15, 0.2) is 10.8 Å². The number of hydrogen-bond acceptors (Lipinski definition) is 6. The van der Waals surface area contributed by atoms with Crippen LogP contribution >= 0.6 is 11.8 Å². The standard InChI is InChI=1S/C20H21N5O3S/c26-17(21-10-15-7-4-8-28-15)9-14-12-29-20-23-18-16(19(27)24(14)20)11-22-25(18)13-5-2-1-3-6-13/h1-3,5-6,11,14-15H,4,7-10,12H2,(H,21,26)/t14-,15-/m0/s1. The summed E-state index contributed by atoms with van der Waals surface area (Å²) in [7, 11) is 0. The van der Waals surface area contributed by atoms with Crippen molar-refractivity contribution in [2.24, 2.45) is 0 Å². The number of rotatable bonds is 5. The highest BCUT2D eigenvalue weighted by atomic mass is 32.2. The first kappa shape index (κ1) is 18.4. The fraction of sp³-hybridized carbons (Fsp3) is 0.400. The van der Waals surface area contributed by atoms with E-state index in [1.165, 1.54) is 11.8 Å². The van der Waals surface area contributed by atoms with Gasteiger partial charge in [-0.15, -0.1) is 0 Å². The molecule has 0 unspecified atom stereocenters. The highest BCUT2D eigenvalue weighted by molar-refractivity contribution is 7.99. The Kier molecular flexibility index (Phi) is 4.84. The summed E-state index contributed by atoms with van der Waals surface area (Å²) in [6.45, 7) is 1.29. The second-order valence-corrected chi connectivity index (χ2v) is 8.29. The van der Waals surface area contributed by atoms with E-state index in [1.54, 1.807) is 15.4 Å². The van der Waals surface area contributed by atoms with Crippen molar-refractivity contribution in [3.05, 3.63) is 46.9 Å². The van der Waals surface area contributed by atoms with E-state index in [0.29, 0.717) is 28.5 Å². The lowest BCUT2D eigenvalue weighted by Crippen LogP contribution is -2.34. The third-order valence-corrected chi connectivity index (χ3v) is 6.44. The molecule has 1 aromatic carbocycles. The Labute approximate surface area is 171 Å². The molecule has 0 aliphatic carbocycles. The maximum Gasteiger partial charge on any atom is 0.265 e. The minimum Gasteiger partial charge on any atom is -0.376 e. The molecule has 1 amide bonds. The SMILES string of the molecule is O=C(C[C@H]1CSc2nc3c(cnn3-c3ccccc3)c(=O)n21)NC[C@@H]1CCCO1. The fourth-order valence-electron chi connectivity index (χ4n) is 3.86. The van der Waals surface area contributed by atoms with E-state index in [9.17, 15) is 9.59 Å². The third-order valence-electron chi connectivity index (χ3n) is 5.34. The molecule has 1 N–H and O–H groups in total. The summed E-state index contributed by atoms with van der Waals surface area (Å²) in [6, 6.07) is 9.41. The quantitative estimate of drug-likeness (QED) is 0.645. The Hall–Kier alpha value is -2.65. The highest BCUT2D eigenvalue weighted by Gasteiger charge is 2.30. The lowest BCUT2D eigenvalue weighted by atomic mass is 10.2. The van der Waals surface area contributed by atoms with E-state index in [0.717, 1.165) is 25.1 Å².